The molecule has 1 aliphatic carbocycles. The van der Waals surface area contributed by atoms with Crippen molar-refractivity contribution in [2.75, 3.05) is 0 Å². The molecule has 0 fully saturated rings. The molecule has 2 nitrogen and oxygen atoms in total. The van der Waals surface area contributed by atoms with Gasteiger partial charge in [0.25, 0.3) is 0 Å². The van der Waals surface area contributed by atoms with E-state index in [0.717, 1.165) is 34.3 Å². The van der Waals surface area contributed by atoms with E-state index in [2.05, 4.69) is 114 Å². The molecular weight excluding hydrogens is 404 g/mol. The van der Waals surface area contributed by atoms with E-state index < -0.39 is 0 Å². The van der Waals surface area contributed by atoms with Crippen LogP contribution in [0.15, 0.2) is 46.6 Å². The van der Waals surface area contributed by atoms with Gasteiger partial charge in [0, 0.05) is 11.1 Å². The van der Waals surface area contributed by atoms with Crippen molar-refractivity contribution in [3.05, 3.63) is 63.3 Å². The molecular formula is C31H46O2. The average molecular weight is 451 g/mol. The second-order valence-corrected chi connectivity index (χ2v) is 13.9. The molecule has 0 saturated carbocycles. The summed E-state index contributed by atoms with van der Waals surface area (Å²) in [7, 11) is 0. The van der Waals surface area contributed by atoms with Crippen LogP contribution in [0.3, 0.4) is 0 Å². The van der Waals surface area contributed by atoms with Crippen LogP contribution in [-0.4, -0.2) is 10.9 Å². The van der Waals surface area contributed by atoms with Crippen LogP contribution in [-0.2, 0) is 22.0 Å². The molecule has 0 atom stereocenters. The lowest BCUT2D eigenvalue weighted by Gasteiger charge is -2.32. The third-order valence-electron chi connectivity index (χ3n) is 6.45. The van der Waals surface area contributed by atoms with Gasteiger partial charge in [-0.15, -0.1) is 0 Å². The van der Waals surface area contributed by atoms with Gasteiger partial charge in [-0.1, -0.05) is 101 Å². The summed E-state index contributed by atoms with van der Waals surface area (Å²) in [6, 6.07) is 4.32. The summed E-state index contributed by atoms with van der Waals surface area (Å²) >= 11 is 0. The number of carbonyl (C=O) groups is 1. The zero-order valence-corrected chi connectivity index (χ0v) is 23.4. The topological polar surface area (TPSA) is 37.3 Å². The molecule has 0 aromatic heterocycles. The fourth-order valence-electron chi connectivity index (χ4n) is 4.34. The van der Waals surface area contributed by atoms with E-state index in [0.29, 0.717) is 5.75 Å². The number of carbonyl (C=O) groups excluding carboxylic acids is 1. The molecule has 2 rings (SSSR count). The first-order valence-corrected chi connectivity index (χ1v) is 12.2. The third-order valence-corrected chi connectivity index (χ3v) is 6.45. The maximum absolute atomic E-state index is 13.3. The van der Waals surface area contributed by atoms with Crippen LogP contribution in [0.5, 0.6) is 5.75 Å². The normalized spacial score (nSPS) is 16.0. The number of hydrogen-bond acceptors (Lipinski definition) is 2. The van der Waals surface area contributed by atoms with Gasteiger partial charge in [-0.25, -0.2) is 0 Å². The van der Waals surface area contributed by atoms with Crippen molar-refractivity contribution < 1.29 is 9.90 Å². The van der Waals surface area contributed by atoms with E-state index in [9.17, 15) is 9.90 Å². The molecule has 33 heavy (non-hydrogen) atoms. The minimum Gasteiger partial charge on any atom is -0.507 e. The Balaban J connectivity index is 2.71. The Bertz CT molecular complexity index is 959. The van der Waals surface area contributed by atoms with Gasteiger partial charge in [-0.05, 0) is 69.4 Å². The van der Waals surface area contributed by atoms with Crippen LogP contribution in [0.2, 0.25) is 0 Å². The zero-order valence-electron chi connectivity index (χ0n) is 23.4. The largest absolute Gasteiger partial charge is 0.507 e. The molecule has 1 N–H and O–H groups in total. The van der Waals surface area contributed by atoms with Gasteiger partial charge in [0.2, 0.25) is 0 Å². The summed E-state index contributed by atoms with van der Waals surface area (Å²) in [5.41, 5.74) is 6.53. The number of aromatic hydroxyl groups is 1. The molecule has 1 aromatic rings. The first-order valence-electron chi connectivity index (χ1n) is 12.2. The van der Waals surface area contributed by atoms with E-state index in [1.54, 1.807) is 0 Å². The molecule has 0 aliphatic heterocycles. The van der Waals surface area contributed by atoms with Crippen molar-refractivity contribution in [1.29, 1.82) is 0 Å². The average Bonchev–Trinajstić information content (AvgIpc) is 2.59. The van der Waals surface area contributed by atoms with Crippen LogP contribution >= 0.6 is 0 Å². The first kappa shape index (κ1) is 27.2. The maximum atomic E-state index is 13.3. The molecule has 0 heterocycles. The second kappa shape index (κ2) is 8.60. The van der Waals surface area contributed by atoms with E-state index in [1.165, 1.54) is 11.1 Å². The number of phenols is 1. The first-order chi connectivity index (χ1) is 14.6. The highest BCUT2D eigenvalue weighted by Crippen LogP contribution is 2.42. The van der Waals surface area contributed by atoms with Crippen molar-refractivity contribution in [3.63, 3.8) is 0 Å². The Morgan fingerprint density at radius 2 is 1.06 bits per heavy atom. The molecule has 0 spiro atoms. The second-order valence-electron chi connectivity index (χ2n) is 13.9. The van der Waals surface area contributed by atoms with Crippen molar-refractivity contribution in [3.8, 4) is 5.75 Å². The SMILES string of the molecule is CC(Cc1cc(C(C)(C)C)c(O)c(C(C)(C)C)c1)=C1C=C(C(C)(C)C)C(=O)C(C(C)(C)C)=C1. The van der Waals surface area contributed by atoms with Crippen LogP contribution in [0.1, 0.15) is 107 Å². The van der Waals surface area contributed by atoms with Crippen LogP contribution < -0.4 is 0 Å². The Morgan fingerprint density at radius 1 is 0.697 bits per heavy atom. The quantitative estimate of drug-likeness (QED) is 0.491. The highest BCUT2D eigenvalue weighted by atomic mass is 16.3. The molecule has 1 aliphatic rings. The Kier molecular flexibility index (Phi) is 7.08. The number of Topliss-reactive ketones (excluding diaryl/α,β-unsaturated/α-hetero) is 1. The molecule has 0 amide bonds. The fraction of sp³-hybridized carbons (Fsp3) is 0.581. The fourth-order valence-corrected chi connectivity index (χ4v) is 4.34. The van der Waals surface area contributed by atoms with Gasteiger partial charge in [0.1, 0.15) is 5.75 Å². The van der Waals surface area contributed by atoms with Gasteiger partial charge >= 0.3 is 0 Å². The summed E-state index contributed by atoms with van der Waals surface area (Å²) in [5, 5.41) is 11.1. The third kappa shape index (κ3) is 6.08. The number of phenolic OH excluding ortho intramolecular Hbond substituents is 1. The number of rotatable bonds is 2. The van der Waals surface area contributed by atoms with Crippen molar-refractivity contribution >= 4 is 5.78 Å². The van der Waals surface area contributed by atoms with E-state index in [1.807, 2.05) is 0 Å². The number of allylic oxidation sites excluding steroid dienone is 6. The lowest BCUT2D eigenvalue weighted by Crippen LogP contribution is -2.28. The van der Waals surface area contributed by atoms with Crippen LogP contribution in [0, 0.1) is 10.8 Å². The molecule has 0 bridgehead atoms. The van der Waals surface area contributed by atoms with Gasteiger partial charge in [-0.2, -0.15) is 0 Å². The Labute approximate surface area is 202 Å². The van der Waals surface area contributed by atoms with Crippen molar-refractivity contribution in [2.45, 2.75) is 107 Å². The van der Waals surface area contributed by atoms with Gasteiger partial charge < -0.3 is 5.11 Å². The zero-order chi connectivity index (χ0) is 25.7. The van der Waals surface area contributed by atoms with Crippen molar-refractivity contribution in [1.82, 2.24) is 0 Å². The predicted octanol–water partition coefficient (Wildman–Crippen LogP) is 8.37. The summed E-state index contributed by atoms with van der Waals surface area (Å²) in [6.07, 6.45) is 4.98. The summed E-state index contributed by atoms with van der Waals surface area (Å²) in [4.78, 5) is 13.3. The monoisotopic (exact) mass is 450 g/mol. The van der Waals surface area contributed by atoms with E-state index in [-0.39, 0.29) is 27.4 Å². The molecule has 0 unspecified atom stereocenters. The lowest BCUT2D eigenvalue weighted by molar-refractivity contribution is -0.114. The summed E-state index contributed by atoms with van der Waals surface area (Å²) < 4.78 is 0. The van der Waals surface area contributed by atoms with Crippen LogP contribution in [0.4, 0.5) is 0 Å². The smallest absolute Gasteiger partial charge is 0.186 e. The highest BCUT2D eigenvalue weighted by Gasteiger charge is 2.34. The molecule has 182 valence electrons. The predicted molar refractivity (Wildman–Crippen MR) is 142 cm³/mol. The minimum absolute atomic E-state index is 0.156. The number of benzene rings is 1. The van der Waals surface area contributed by atoms with E-state index >= 15 is 0 Å². The minimum atomic E-state index is -0.218. The summed E-state index contributed by atoms with van der Waals surface area (Å²) in [6.45, 7) is 27.7. The molecule has 0 saturated heterocycles. The Morgan fingerprint density at radius 3 is 1.36 bits per heavy atom. The maximum Gasteiger partial charge on any atom is 0.186 e. The van der Waals surface area contributed by atoms with Gasteiger partial charge in [0.05, 0.1) is 0 Å². The summed E-state index contributed by atoms with van der Waals surface area (Å²) in [5.74, 6) is 0.582. The standard InChI is InChI=1S/C31H46O2/c1-19(21-17-24(30(8,9)10)27(33)25(18-21)31(11,12)13)14-20-15-22(28(2,3)4)26(32)23(16-20)29(5,6)7/h15-18,32H,14H2,1-13H3. The van der Waals surface area contributed by atoms with Crippen LogP contribution in [0.25, 0.3) is 0 Å². The Hall–Kier alpha value is -2.09. The number of hydrogen-bond donors (Lipinski definition) is 1. The van der Waals surface area contributed by atoms with Gasteiger partial charge in [0.15, 0.2) is 5.78 Å². The number of ketones is 1. The highest BCUT2D eigenvalue weighted by molar-refractivity contribution is 6.11. The molecule has 0 radical (unpaired) electrons. The van der Waals surface area contributed by atoms with E-state index in [4.69, 9.17) is 0 Å². The molecule has 2 heteroatoms. The lowest BCUT2D eigenvalue weighted by atomic mass is 9.71. The van der Waals surface area contributed by atoms with Crippen molar-refractivity contribution in [2.24, 2.45) is 10.8 Å². The van der Waals surface area contributed by atoms with Gasteiger partial charge in [-0.3, -0.25) is 4.79 Å². The molecule has 1 aromatic carbocycles.